The van der Waals surface area contributed by atoms with Crippen molar-refractivity contribution in [3.8, 4) is 34.1 Å². The van der Waals surface area contributed by atoms with Crippen LogP contribution in [0.4, 0.5) is 5.69 Å². The first-order valence-electron chi connectivity index (χ1n) is 11.3. The molecule has 0 saturated carbocycles. The fourth-order valence-electron chi connectivity index (χ4n) is 4.09. The average Bonchev–Trinajstić information content (AvgIpc) is 3.30. The lowest BCUT2D eigenvalue weighted by molar-refractivity contribution is -0.111. The van der Waals surface area contributed by atoms with Gasteiger partial charge in [-0.2, -0.15) is 0 Å². The predicted molar refractivity (Wildman–Crippen MR) is 141 cm³/mol. The van der Waals surface area contributed by atoms with Crippen LogP contribution in [0.15, 0.2) is 65.3 Å². The van der Waals surface area contributed by atoms with Gasteiger partial charge in [-0.15, -0.1) is 0 Å². The average molecular weight is 488 g/mol. The van der Waals surface area contributed by atoms with Crippen LogP contribution in [0.5, 0.6) is 23.0 Å². The molecule has 1 amide bonds. The number of hydrogen-bond donors (Lipinski definition) is 1. The molecule has 7 nitrogen and oxygen atoms in total. The van der Waals surface area contributed by atoms with Crippen molar-refractivity contribution in [3.05, 3.63) is 72.0 Å². The second kappa shape index (κ2) is 10.5. The Bertz CT molecular complexity index is 1410. The number of ether oxygens (including phenoxy) is 4. The first kappa shape index (κ1) is 24.7. The van der Waals surface area contributed by atoms with Crippen LogP contribution in [-0.2, 0) is 4.79 Å². The number of benzene rings is 3. The quantitative estimate of drug-likeness (QED) is 0.286. The zero-order valence-corrected chi connectivity index (χ0v) is 21.2. The monoisotopic (exact) mass is 487 g/mol. The van der Waals surface area contributed by atoms with Gasteiger partial charge in [0, 0.05) is 46.5 Å². The number of carbonyl (C=O) groups excluding carboxylic acids is 1. The third-order valence-electron chi connectivity index (χ3n) is 5.96. The smallest absolute Gasteiger partial charge is 0.248 e. The summed E-state index contributed by atoms with van der Waals surface area (Å²) in [6.07, 6.45) is 3.27. The van der Waals surface area contributed by atoms with Crippen molar-refractivity contribution in [2.75, 3.05) is 33.8 Å². The molecule has 1 N–H and O–H groups in total. The van der Waals surface area contributed by atoms with Gasteiger partial charge in [-0.3, -0.25) is 4.79 Å². The number of rotatable bonds is 8. The Morgan fingerprint density at radius 1 is 0.861 bits per heavy atom. The van der Waals surface area contributed by atoms with Crippen molar-refractivity contribution in [2.45, 2.75) is 13.8 Å². The summed E-state index contributed by atoms with van der Waals surface area (Å²) in [6, 6.07) is 15.5. The highest BCUT2D eigenvalue weighted by atomic mass is 16.5. The predicted octanol–water partition coefficient (Wildman–Crippen LogP) is 6.48. The minimum atomic E-state index is -0.310. The fraction of sp³-hybridized carbons (Fsp3) is 0.207. The minimum Gasteiger partial charge on any atom is -0.496 e. The van der Waals surface area contributed by atoms with Gasteiger partial charge in [0.15, 0.2) is 11.5 Å². The van der Waals surface area contributed by atoms with Crippen molar-refractivity contribution < 1.29 is 28.2 Å². The Morgan fingerprint density at radius 3 is 2.08 bits per heavy atom. The van der Waals surface area contributed by atoms with Gasteiger partial charge < -0.3 is 28.7 Å². The van der Waals surface area contributed by atoms with E-state index in [1.165, 1.54) is 33.0 Å². The summed E-state index contributed by atoms with van der Waals surface area (Å²) in [4.78, 5) is 12.9. The highest BCUT2D eigenvalue weighted by Gasteiger charge is 2.17. The van der Waals surface area contributed by atoms with Crippen LogP contribution in [0.3, 0.4) is 0 Å². The van der Waals surface area contributed by atoms with Crippen LogP contribution in [-0.4, -0.2) is 34.3 Å². The summed E-state index contributed by atoms with van der Waals surface area (Å²) in [6.45, 7) is 3.92. The van der Waals surface area contributed by atoms with Gasteiger partial charge >= 0.3 is 0 Å². The van der Waals surface area contributed by atoms with E-state index in [0.29, 0.717) is 34.3 Å². The lowest BCUT2D eigenvalue weighted by atomic mass is 9.99. The second-order valence-electron chi connectivity index (χ2n) is 8.29. The zero-order valence-electron chi connectivity index (χ0n) is 21.2. The third-order valence-corrected chi connectivity index (χ3v) is 5.96. The van der Waals surface area contributed by atoms with Gasteiger partial charge in [0.1, 0.15) is 11.3 Å². The Morgan fingerprint density at radius 2 is 1.50 bits per heavy atom. The molecule has 0 aliphatic heterocycles. The summed E-state index contributed by atoms with van der Waals surface area (Å²) in [5.74, 6) is 1.65. The van der Waals surface area contributed by atoms with Crippen LogP contribution in [0.2, 0.25) is 0 Å². The largest absolute Gasteiger partial charge is 0.496 e. The van der Waals surface area contributed by atoms with E-state index < -0.39 is 0 Å². The molecular formula is C29H29NO6. The first-order chi connectivity index (χ1) is 17.4. The standard InChI is InChI=1S/C29H29NO6/c1-17-7-9-19(10-8-17)23-16-36-25-15-24(32-3)21(14-22(23)25)18(2)11-28(31)30-20-12-26(33-4)29(35-6)27(13-20)34-5/h7-16H,1-6H3,(H,30,31)/b18-11+. The van der Waals surface area contributed by atoms with Crippen LogP contribution in [0, 0.1) is 6.92 Å². The maximum absolute atomic E-state index is 12.9. The molecule has 0 aliphatic carbocycles. The molecule has 0 aliphatic rings. The molecule has 0 saturated heterocycles. The molecule has 0 atom stereocenters. The number of furan rings is 1. The Balaban J connectivity index is 1.68. The minimum absolute atomic E-state index is 0.310. The molecule has 3 aromatic carbocycles. The van der Waals surface area contributed by atoms with E-state index in [-0.39, 0.29) is 5.91 Å². The van der Waals surface area contributed by atoms with Gasteiger partial charge in [0.25, 0.3) is 0 Å². The van der Waals surface area contributed by atoms with Crippen molar-refractivity contribution >= 4 is 28.1 Å². The SMILES string of the molecule is COc1cc2occ(-c3ccc(C)cc3)c2cc1/C(C)=C/C(=O)Nc1cc(OC)c(OC)c(OC)c1. The molecule has 0 spiro atoms. The molecular weight excluding hydrogens is 458 g/mol. The van der Waals surface area contributed by atoms with Gasteiger partial charge in [0.05, 0.1) is 34.7 Å². The highest BCUT2D eigenvalue weighted by molar-refractivity contribution is 6.05. The fourth-order valence-corrected chi connectivity index (χ4v) is 4.09. The number of hydrogen-bond acceptors (Lipinski definition) is 6. The number of anilines is 1. The third kappa shape index (κ3) is 4.86. The number of amides is 1. The van der Waals surface area contributed by atoms with E-state index in [0.717, 1.165) is 27.6 Å². The first-order valence-corrected chi connectivity index (χ1v) is 11.3. The van der Waals surface area contributed by atoms with Crippen molar-refractivity contribution in [3.63, 3.8) is 0 Å². The van der Waals surface area contributed by atoms with E-state index in [9.17, 15) is 4.79 Å². The number of allylic oxidation sites excluding steroid dienone is 1. The molecule has 4 rings (SSSR count). The number of methoxy groups -OCH3 is 4. The molecule has 0 bridgehead atoms. The van der Waals surface area contributed by atoms with E-state index in [1.54, 1.807) is 25.5 Å². The molecule has 1 heterocycles. The zero-order chi connectivity index (χ0) is 25.8. The number of nitrogens with one attached hydrogen (secondary N) is 1. The lowest BCUT2D eigenvalue weighted by Gasteiger charge is -2.14. The van der Waals surface area contributed by atoms with E-state index in [1.807, 2.05) is 19.1 Å². The Hall–Kier alpha value is -4.39. The Kier molecular flexibility index (Phi) is 7.20. The maximum atomic E-state index is 12.9. The molecule has 1 aromatic heterocycles. The van der Waals surface area contributed by atoms with Gasteiger partial charge in [-0.05, 0) is 31.1 Å². The van der Waals surface area contributed by atoms with Crippen molar-refractivity contribution in [1.29, 1.82) is 0 Å². The van der Waals surface area contributed by atoms with Crippen molar-refractivity contribution in [2.24, 2.45) is 0 Å². The summed E-state index contributed by atoms with van der Waals surface area (Å²) in [7, 11) is 6.17. The summed E-state index contributed by atoms with van der Waals surface area (Å²) in [5.41, 5.74) is 5.96. The molecule has 7 heteroatoms. The van der Waals surface area contributed by atoms with Crippen molar-refractivity contribution in [1.82, 2.24) is 0 Å². The van der Waals surface area contributed by atoms with E-state index in [4.69, 9.17) is 23.4 Å². The van der Waals surface area contributed by atoms with Gasteiger partial charge in [-0.1, -0.05) is 29.8 Å². The summed E-state index contributed by atoms with van der Waals surface area (Å²) in [5, 5.41) is 3.80. The van der Waals surface area contributed by atoms with E-state index >= 15 is 0 Å². The van der Waals surface area contributed by atoms with Crippen LogP contribution in [0.1, 0.15) is 18.1 Å². The van der Waals surface area contributed by atoms with Gasteiger partial charge in [-0.25, -0.2) is 0 Å². The lowest BCUT2D eigenvalue weighted by Crippen LogP contribution is -2.09. The molecule has 36 heavy (non-hydrogen) atoms. The van der Waals surface area contributed by atoms with Gasteiger partial charge in [0.2, 0.25) is 11.7 Å². The topological polar surface area (TPSA) is 79.2 Å². The molecule has 186 valence electrons. The summed E-state index contributed by atoms with van der Waals surface area (Å²) < 4.78 is 27.5. The number of fused-ring (bicyclic) bond motifs is 1. The van der Waals surface area contributed by atoms with E-state index in [2.05, 4.69) is 36.5 Å². The number of aryl methyl sites for hydroxylation is 1. The molecule has 0 fully saturated rings. The molecule has 4 aromatic rings. The maximum Gasteiger partial charge on any atom is 0.248 e. The second-order valence-corrected chi connectivity index (χ2v) is 8.29. The molecule has 0 unspecified atom stereocenters. The Labute approximate surface area is 210 Å². The number of carbonyl (C=O) groups is 1. The normalized spacial score (nSPS) is 11.3. The van der Waals surface area contributed by atoms with Crippen LogP contribution < -0.4 is 24.3 Å². The molecule has 0 radical (unpaired) electrons. The summed E-state index contributed by atoms with van der Waals surface area (Å²) >= 11 is 0. The van der Waals surface area contributed by atoms with Crippen LogP contribution in [0.25, 0.3) is 27.7 Å². The van der Waals surface area contributed by atoms with Crippen LogP contribution >= 0.6 is 0 Å². The highest BCUT2D eigenvalue weighted by Crippen LogP contribution is 2.40.